The molecule has 1 aliphatic rings. The van der Waals surface area contributed by atoms with E-state index in [1.165, 1.54) is 0 Å². The number of benzene rings is 1. The zero-order valence-electron chi connectivity index (χ0n) is 9.40. The van der Waals surface area contributed by atoms with Crippen LogP contribution >= 0.6 is 11.6 Å². The second-order valence-electron chi connectivity index (χ2n) is 4.20. The van der Waals surface area contributed by atoms with E-state index in [-0.39, 0.29) is 11.8 Å². The molecule has 0 N–H and O–H groups in total. The fraction of sp³-hybridized carbons (Fsp3) is 0.385. The van der Waals surface area contributed by atoms with Gasteiger partial charge in [-0.3, -0.25) is 4.79 Å². The second kappa shape index (κ2) is 5.20. The van der Waals surface area contributed by atoms with E-state index in [9.17, 15) is 4.79 Å². The van der Waals surface area contributed by atoms with E-state index in [0.29, 0.717) is 18.2 Å². The topological polar surface area (TPSA) is 44.1 Å². The summed E-state index contributed by atoms with van der Waals surface area (Å²) in [6.45, 7) is 0.585. The number of amides is 1. The Hall–Kier alpha value is -1.53. The van der Waals surface area contributed by atoms with Gasteiger partial charge in [0.05, 0.1) is 11.6 Å². The first kappa shape index (κ1) is 11.9. The van der Waals surface area contributed by atoms with Crippen LogP contribution in [0.1, 0.15) is 24.0 Å². The highest BCUT2D eigenvalue weighted by Crippen LogP contribution is 2.28. The van der Waals surface area contributed by atoms with E-state index in [2.05, 4.69) is 6.07 Å². The molecule has 0 heterocycles. The Morgan fingerprint density at radius 1 is 1.41 bits per heavy atom. The number of hydrogen-bond acceptors (Lipinski definition) is 2. The molecule has 2 rings (SSSR count). The number of alkyl halides is 1. The quantitative estimate of drug-likeness (QED) is 0.768. The van der Waals surface area contributed by atoms with Crippen molar-refractivity contribution < 1.29 is 4.79 Å². The minimum atomic E-state index is -0.0153. The van der Waals surface area contributed by atoms with E-state index in [0.717, 1.165) is 18.4 Å². The van der Waals surface area contributed by atoms with Crippen molar-refractivity contribution in [2.24, 2.45) is 0 Å². The zero-order chi connectivity index (χ0) is 12.3. The maximum Gasteiger partial charge on any atom is 0.238 e. The minimum absolute atomic E-state index is 0.0153. The molecule has 0 saturated heterocycles. The molecule has 0 atom stereocenters. The fourth-order valence-corrected chi connectivity index (χ4v) is 1.92. The SMILES string of the molecule is N#Cc1ccc(CN(C(=O)CCl)C2CC2)cc1. The molecular weight excluding hydrogens is 236 g/mol. The van der Waals surface area contributed by atoms with Gasteiger partial charge in [-0.15, -0.1) is 11.6 Å². The van der Waals surface area contributed by atoms with E-state index in [1.54, 1.807) is 12.1 Å². The molecule has 17 heavy (non-hydrogen) atoms. The molecule has 0 spiro atoms. The summed E-state index contributed by atoms with van der Waals surface area (Å²) < 4.78 is 0. The third-order valence-electron chi connectivity index (χ3n) is 2.86. The first-order chi connectivity index (χ1) is 8.24. The summed E-state index contributed by atoms with van der Waals surface area (Å²) in [7, 11) is 0. The number of nitrogens with zero attached hydrogens (tertiary/aromatic N) is 2. The van der Waals surface area contributed by atoms with Crippen molar-refractivity contribution in [1.29, 1.82) is 5.26 Å². The first-order valence-electron chi connectivity index (χ1n) is 5.59. The molecule has 1 aromatic rings. The maximum absolute atomic E-state index is 11.7. The largest absolute Gasteiger partial charge is 0.334 e. The highest BCUT2D eigenvalue weighted by molar-refractivity contribution is 6.27. The number of carbonyl (C=O) groups is 1. The van der Waals surface area contributed by atoms with Gasteiger partial charge in [0, 0.05) is 12.6 Å². The maximum atomic E-state index is 11.7. The van der Waals surface area contributed by atoms with Crippen LogP contribution in [-0.4, -0.2) is 22.7 Å². The molecule has 1 amide bonds. The van der Waals surface area contributed by atoms with Crippen LogP contribution in [0.3, 0.4) is 0 Å². The first-order valence-corrected chi connectivity index (χ1v) is 6.12. The van der Waals surface area contributed by atoms with Gasteiger partial charge < -0.3 is 4.90 Å². The van der Waals surface area contributed by atoms with Crippen molar-refractivity contribution >= 4 is 17.5 Å². The molecule has 1 aromatic carbocycles. The summed E-state index contributed by atoms with van der Waals surface area (Å²) >= 11 is 5.60. The van der Waals surface area contributed by atoms with Crippen LogP contribution in [-0.2, 0) is 11.3 Å². The Bertz CT molecular complexity index is 445. The molecular formula is C13H13ClN2O. The lowest BCUT2D eigenvalue weighted by Gasteiger charge is -2.21. The molecule has 88 valence electrons. The average molecular weight is 249 g/mol. The average Bonchev–Trinajstić information content (AvgIpc) is 3.20. The lowest BCUT2D eigenvalue weighted by Crippen LogP contribution is -2.33. The molecule has 0 bridgehead atoms. The highest BCUT2D eigenvalue weighted by Gasteiger charge is 2.31. The highest BCUT2D eigenvalue weighted by atomic mass is 35.5. The van der Waals surface area contributed by atoms with E-state index in [4.69, 9.17) is 16.9 Å². The minimum Gasteiger partial charge on any atom is -0.334 e. The van der Waals surface area contributed by atoms with E-state index < -0.39 is 0 Å². The van der Waals surface area contributed by atoms with Gasteiger partial charge in [0.25, 0.3) is 0 Å². The van der Waals surface area contributed by atoms with Gasteiger partial charge >= 0.3 is 0 Å². The number of rotatable bonds is 4. The van der Waals surface area contributed by atoms with Gasteiger partial charge in [-0.05, 0) is 30.5 Å². The van der Waals surface area contributed by atoms with Crippen molar-refractivity contribution in [2.45, 2.75) is 25.4 Å². The molecule has 0 aliphatic heterocycles. The van der Waals surface area contributed by atoms with Gasteiger partial charge in [-0.25, -0.2) is 0 Å². The van der Waals surface area contributed by atoms with Crippen molar-refractivity contribution in [1.82, 2.24) is 4.90 Å². The molecule has 4 heteroatoms. The molecule has 1 aliphatic carbocycles. The van der Waals surface area contributed by atoms with Crippen molar-refractivity contribution in [3.63, 3.8) is 0 Å². The molecule has 1 fully saturated rings. The molecule has 3 nitrogen and oxygen atoms in total. The summed E-state index contributed by atoms with van der Waals surface area (Å²) in [5.41, 5.74) is 1.67. The Morgan fingerprint density at radius 2 is 2.06 bits per heavy atom. The summed E-state index contributed by atoms with van der Waals surface area (Å²) in [5.74, 6) is 0.0192. The van der Waals surface area contributed by atoms with Crippen LogP contribution in [0.25, 0.3) is 0 Å². The fourth-order valence-electron chi connectivity index (χ4n) is 1.77. The van der Waals surface area contributed by atoms with Crippen LogP contribution in [0.4, 0.5) is 0 Å². The summed E-state index contributed by atoms with van der Waals surface area (Å²) in [4.78, 5) is 13.5. The molecule has 1 saturated carbocycles. The van der Waals surface area contributed by atoms with Crippen molar-refractivity contribution in [2.75, 3.05) is 5.88 Å². The zero-order valence-corrected chi connectivity index (χ0v) is 10.2. The number of nitriles is 1. The summed E-state index contributed by atoms with van der Waals surface area (Å²) in [5, 5.41) is 8.70. The predicted molar refractivity (Wildman–Crippen MR) is 65.4 cm³/mol. The number of halogens is 1. The van der Waals surface area contributed by atoms with Crippen LogP contribution in [0.15, 0.2) is 24.3 Å². The lowest BCUT2D eigenvalue weighted by molar-refractivity contribution is -0.129. The van der Waals surface area contributed by atoms with Crippen LogP contribution < -0.4 is 0 Å². The van der Waals surface area contributed by atoms with Gasteiger partial charge in [0.15, 0.2) is 0 Å². The summed E-state index contributed by atoms with van der Waals surface area (Å²) in [6.07, 6.45) is 2.14. The molecule has 0 radical (unpaired) electrons. The van der Waals surface area contributed by atoms with Gasteiger partial charge in [0.1, 0.15) is 5.88 Å². The van der Waals surface area contributed by atoms with Crippen molar-refractivity contribution in [3.8, 4) is 6.07 Å². The Labute approximate surface area is 106 Å². The third kappa shape index (κ3) is 2.98. The van der Waals surface area contributed by atoms with Gasteiger partial charge in [-0.1, -0.05) is 12.1 Å². The third-order valence-corrected chi connectivity index (χ3v) is 3.09. The second-order valence-corrected chi connectivity index (χ2v) is 4.46. The van der Waals surface area contributed by atoms with E-state index >= 15 is 0 Å². The smallest absolute Gasteiger partial charge is 0.238 e. The molecule has 0 aromatic heterocycles. The summed E-state index contributed by atoms with van der Waals surface area (Å²) in [6, 6.07) is 9.74. The van der Waals surface area contributed by atoms with Gasteiger partial charge in [-0.2, -0.15) is 5.26 Å². The lowest BCUT2D eigenvalue weighted by atomic mass is 10.1. The van der Waals surface area contributed by atoms with Crippen LogP contribution in [0, 0.1) is 11.3 Å². The van der Waals surface area contributed by atoms with Gasteiger partial charge in [0.2, 0.25) is 5.91 Å². The monoisotopic (exact) mass is 248 g/mol. The Balaban J connectivity index is 2.06. The van der Waals surface area contributed by atoms with Crippen LogP contribution in [0.2, 0.25) is 0 Å². The van der Waals surface area contributed by atoms with Crippen LogP contribution in [0.5, 0.6) is 0 Å². The standard InChI is InChI=1S/C13H13ClN2O/c14-7-13(17)16(12-5-6-12)9-11-3-1-10(8-15)2-4-11/h1-4,12H,5-7,9H2. The number of hydrogen-bond donors (Lipinski definition) is 0. The normalized spacial score (nSPS) is 14.1. The van der Waals surface area contributed by atoms with Crippen molar-refractivity contribution in [3.05, 3.63) is 35.4 Å². The number of carbonyl (C=O) groups excluding carboxylic acids is 1. The Kier molecular flexibility index (Phi) is 3.65. The predicted octanol–water partition coefficient (Wildman–Crippen LogP) is 2.29. The van der Waals surface area contributed by atoms with E-state index in [1.807, 2.05) is 17.0 Å². The Morgan fingerprint density at radius 3 is 2.53 bits per heavy atom. The molecule has 0 unspecified atom stereocenters.